The van der Waals surface area contributed by atoms with Crippen molar-refractivity contribution in [1.82, 2.24) is 4.90 Å². The number of carbonyl (C=O) groups is 2. The van der Waals surface area contributed by atoms with Gasteiger partial charge in [-0.2, -0.15) is 0 Å². The number of methoxy groups -OCH3 is 1. The van der Waals surface area contributed by atoms with Crippen molar-refractivity contribution in [2.24, 2.45) is 10.9 Å². The number of nitrogens with zero attached hydrogens (tertiary/aromatic N) is 2. The van der Waals surface area contributed by atoms with E-state index in [-0.39, 0.29) is 17.5 Å². The van der Waals surface area contributed by atoms with Crippen LogP contribution >= 0.6 is 27.7 Å². The van der Waals surface area contributed by atoms with Gasteiger partial charge in [0.25, 0.3) is 0 Å². The van der Waals surface area contributed by atoms with E-state index in [1.165, 1.54) is 25.3 Å². The van der Waals surface area contributed by atoms with Crippen molar-refractivity contribution in [3.8, 4) is 0 Å². The zero-order valence-electron chi connectivity index (χ0n) is 23.6. The molecular formula is C26H39BrF2N2O5SSi. The number of rotatable bonds is 8. The number of carbonyl (C=O) groups excluding carboxylic acids is 2. The van der Waals surface area contributed by atoms with E-state index in [4.69, 9.17) is 14.2 Å². The smallest absolute Gasteiger partial charge is 0.418 e. The van der Waals surface area contributed by atoms with Gasteiger partial charge >= 0.3 is 12.1 Å². The van der Waals surface area contributed by atoms with E-state index in [0.29, 0.717) is 11.1 Å². The van der Waals surface area contributed by atoms with Gasteiger partial charge in [0.1, 0.15) is 35.1 Å². The van der Waals surface area contributed by atoms with Crippen molar-refractivity contribution < 1.29 is 32.6 Å². The van der Waals surface area contributed by atoms with Gasteiger partial charge < -0.3 is 14.2 Å². The normalized spacial score (nSPS) is 24.0. The molecule has 0 radical (unpaired) electrons. The van der Waals surface area contributed by atoms with E-state index in [9.17, 15) is 9.59 Å². The summed E-state index contributed by atoms with van der Waals surface area (Å²) in [6, 6.07) is 5.00. The summed E-state index contributed by atoms with van der Waals surface area (Å²) in [5.41, 5.74) is -2.73. The second kappa shape index (κ2) is 12.3. The van der Waals surface area contributed by atoms with Crippen LogP contribution in [-0.4, -0.2) is 67.7 Å². The third kappa shape index (κ3) is 7.57. The summed E-state index contributed by atoms with van der Waals surface area (Å²) >= 11 is 4.28. The largest absolute Gasteiger partial charge is 0.468 e. The number of hydrogen-bond donors (Lipinski definition) is 0. The minimum atomic E-state index is -1.84. The SMILES string of the molecule is COC(=O)[C@@]1(C)SC(N(COCC[Si](C)(C)C)C(=O)OC(C)(C)C)=N[C@](CF)(c2cc(Br)ccc2F)C1C. The maximum absolute atomic E-state index is 15.3. The first-order chi connectivity index (χ1) is 17.4. The zero-order valence-corrected chi connectivity index (χ0v) is 27.0. The third-order valence-electron chi connectivity index (χ3n) is 6.39. The minimum absolute atomic E-state index is 0.0183. The van der Waals surface area contributed by atoms with Gasteiger partial charge in [0, 0.05) is 30.6 Å². The molecule has 1 aliphatic rings. The second-order valence-electron chi connectivity index (χ2n) is 11.8. The molecule has 38 heavy (non-hydrogen) atoms. The summed E-state index contributed by atoms with van der Waals surface area (Å²) in [4.78, 5) is 32.3. The van der Waals surface area contributed by atoms with E-state index in [0.717, 1.165) is 22.7 Å². The Morgan fingerprint density at radius 1 is 1.26 bits per heavy atom. The summed E-state index contributed by atoms with van der Waals surface area (Å²) in [5, 5.41) is -0.0183. The first-order valence-electron chi connectivity index (χ1n) is 12.4. The topological polar surface area (TPSA) is 77.4 Å². The van der Waals surface area contributed by atoms with Crippen molar-refractivity contribution in [3.05, 3.63) is 34.1 Å². The molecule has 1 heterocycles. The second-order valence-corrected chi connectivity index (χ2v) is 19.7. The highest BCUT2D eigenvalue weighted by Crippen LogP contribution is 2.52. The maximum Gasteiger partial charge on any atom is 0.418 e. The van der Waals surface area contributed by atoms with Crippen LogP contribution in [0.1, 0.15) is 40.2 Å². The summed E-state index contributed by atoms with van der Waals surface area (Å²) < 4.78 is 46.2. The fraction of sp³-hybridized carbons (Fsp3) is 0.654. The number of aliphatic imine (C=N–C) groups is 1. The van der Waals surface area contributed by atoms with Crippen molar-refractivity contribution in [3.63, 3.8) is 0 Å². The van der Waals surface area contributed by atoms with Crippen LogP contribution < -0.4 is 0 Å². The Bertz CT molecular complexity index is 1070. The third-order valence-corrected chi connectivity index (χ3v) is 10.0. The lowest BCUT2D eigenvalue weighted by atomic mass is 9.73. The van der Waals surface area contributed by atoms with Crippen LogP contribution in [0.5, 0.6) is 0 Å². The maximum atomic E-state index is 15.3. The van der Waals surface area contributed by atoms with Gasteiger partial charge in [0.05, 0.1) is 7.11 Å². The van der Waals surface area contributed by atoms with Gasteiger partial charge in [-0.15, -0.1) is 0 Å². The molecule has 1 aromatic carbocycles. The van der Waals surface area contributed by atoms with E-state index >= 15 is 8.78 Å². The van der Waals surface area contributed by atoms with Crippen molar-refractivity contribution >= 4 is 53.0 Å². The quantitative estimate of drug-likeness (QED) is 0.133. The van der Waals surface area contributed by atoms with Crippen LogP contribution in [0, 0.1) is 11.7 Å². The van der Waals surface area contributed by atoms with Gasteiger partial charge in [0.15, 0.2) is 5.17 Å². The van der Waals surface area contributed by atoms with Crippen LogP contribution in [0.15, 0.2) is 27.7 Å². The van der Waals surface area contributed by atoms with E-state index in [1.54, 1.807) is 34.6 Å². The lowest BCUT2D eigenvalue weighted by Gasteiger charge is -2.47. The molecule has 1 aliphatic heterocycles. The van der Waals surface area contributed by atoms with Gasteiger partial charge in [0.2, 0.25) is 0 Å². The average Bonchev–Trinajstić information content (AvgIpc) is 2.80. The number of halogens is 3. The molecule has 3 atom stereocenters. The van der Waals surface area contributed by atoms with Gasteiger partial charge in [-0.05, 0) is 51.9 Å². The molecule has 1 aromatic rings. The molecule has 0 aliphatic carbocycles. The molecule has 0 saturated carbocycles. The number of esters is 1. The Hall–Kier alpha value is -1.50. The standard InChI is InChI=1S/C26H39BrF2N2O5SSi/c1-17-25(5,21(32)34-6)37-22(30-26(17,15-28)19-14-18(27)10-11-20(19)29)31(23(33)36-24(2,3)4)16-35-12-13-38(7,8)9/h10-11,14,17H,12-13,15-16H2,1-9H3/t17?,25-,26-/m0/s1. The number of benzene rings is 1. The van der Waals surface area contributed by atoms with Crippen LogP contribution in [0.25, 0.3) is 0 Å². The molecule has 0 bridgehead atoms. The van der Waals surface area contributed by atoms with Crippen molar-refractivity contribution in [2.45, 2.75) is 76.2 Å². The Morgan fingerprint density at radius 2 is 1.89 bits per heavy atom. The van der Waals surface area contributed by atoms with Gasteiger partial charge in [-0.3, -0.25) is 4.79 Å². The number of ether oxygens (including phenoxy) is 3. The molecule has 0 N–H and O–H groups in total. The van der Waals surface area contributed by atoms with Crippen LogP contribution in [-0.2, 0) is 24.5 Å². The zero-order chi connectivity index (χ0) is 29.1. The molecular weight excluding hydrogens is 598 g/mol. The summed E-state index contributed by atoms with van der Waals surface area (Å²) in [6.07, 6.45) is -0.777. The Balaban J connectivity index is 2.72. The number of thioether (sulfide) groups is 1. The highest BCUT2D eigenvalue weighted by Gasteiger charge is 2.58. The molecule has 0 saturated heterocycles. The van der Waals surface area contributed by atoms with E-state index < -0.39 is 54.4 Å². The average molecular weight is 638 g/mol. The first kappa shape index (κ1) is 32.7. The lowest BCUT2D eigenvalue weighted by molar-refractivity contribution is -0.145. The molecule has 1 amide bonds. The molecule has 1 unspecified atom stereocenters. The number of amides is 1. The molecule has 2 rings (SSSR count). The molecule has 7 nitrogen and oxygen atoms in total. The molecule has 214 valence electrons. The van der Waals surface area contributed by atoms with E-state index in [1.807, 2.05) is 0 Å². The Labute approximate surface area is 238 Å². The summed E-state index contributed by atoms with van der Waals surface area (Å²) in [7, 11) is -0.192. The van der Waals surface area contributed by atoms with E-state index in [2.05, 4.69) is 40.6 Å². The van der Waals surface area contributed by atoms with Gasteiger partial charge in [-0.25, -0.2) is 23.5 Å². The fourth-order valence-electron chi connectivity index (χ4n) is 3.94. The highest BCUT2D eigenvalue weighted by atomic mass is 79.9. The lowest BCUT2D eigenvalue weighted by Crippen LogP contribution is -2.57. The van der Waals surface area contributed by atoms with Crippen LogP contribution in [0.4, 0.5) is 13.6 Å². The summed E-state index contributed by atoms with van der Waals surface area (Å²) in [5.74, 6) is -2.20. The first-order valence-corrected chi connectivity index (χ1v) is 17.7. The Morgan fingerprint density at radius 3 is 2.42 bits per heavy atom. The minimum Gasteiger partial charge on any atom is -0.468 e. The Kier molecular flexibility index (Phi) is 10.6. The molecule has 12 heteroatoms. The highest BCUT2D eigenvalue weighted by molar-refractivity contribution is 9.10. The fourth-order valence-corrected chi connectivity index (χ4v) is 6.42. The predicted molar refractivity (Wildman–Crippen MR) is 153 cm³/mol. The van der Waals surface area contributed by atoms with Gasteiger partial charge in [-0.1, -0.05) is 54.3 Å². The predicted octanol–water partition coefficient (Wildman–Crippen LogP) is 6.97. The number of alkyl halides is 1. The number of hydrogen-bond acceptors (Lipinski definition) is 7. The molecule has 0 spiro atoms. The molecule has 0 fully saturated rings. The monoisotopic (exact) mass is 636 g/mol. The summed E-state index contributed by atoms with van der Waals surface area (Å²) in [6.45, 7) is 14.0. The van der Waals surface area contributed by atoms with Crippen LogP contribution in [0.3, 0.4) is 0 Å². The number of amidine groups is 1. The van der Waals surface area contributed by atoms with Crippen LogP contribution in [0.2, 0.25) is 25.7 Å². The molecule has 0 aromatic heterocycles. The van der Waals surface area contributed by atoms with Crippen molar-refractivity contribution in [1.29, 1.82) is 0 Å². The van der Waals surface area contributed by atoms with Crippen molar-refractivity contribution in [2.75, 3.05) is 27.1 Å².